The number of imidazole rings is 1. The molecule has 0 aliphatic carbocycles. The third-order valence-corrected chi connectivity index (χ3v) is 3.53. The minimum Gasteiger partial charge on any atom is -0.497 e. The minimum absolute atomic E-state index is 0.301. The van der Waals surface area contributed by atoms with Crippen LogP contribution in [0.1, 0.15) is 11.5 Å². The fourth-order valence-corrected chi connectivity index (χ4v) is 2.40. The second-order valence-corrected chi connectivity index (χ2v) is 5.11. The summed E-state index contributed by atoms with van der Waals surface area (Å²) >= 11 is 0. The lowest BCUT2D eigenvalue weighted by Crippen LogP contribution is -2.07. The van der Waals surface area contributed by atoms with Crippen molar-refractivity contribution in [1.82, 2.24) is 14.5 Å². The van der Waals surface area contributed by atoms with Gasteiger partial charge >= 0.3 is 0 Å². The van der Waals surface area contributed by atoms with E-state index in [1.54, 1.807) is 14.0 Å². The summed E-state index contributed by atoms with van der Waals surface area (Å²) in [5, 5.41) is 3.11. The second kappa shape index (κ2) is 5.63. The number of hydrogen-bond donors (Lipinski definition) is 1. The van der Waals surface area contributed by atoms with Gasteiger partial charge in [-0.15, -0.1) is 0 Å². The molecular weight excluding hydrogens is 283 g/mol. The molecule has 0 atom stereocenters. The average molecular weight is 300 g/mol. The van der Waals surface area contributed by atoms with E-state index >= 15 is 0 Å². The van der Waals surface area contributed by atoms with E-state index in [4.69, 9.17) is 4.74 Å². The van der Waals surface area contributed by atoms with E-state index in [-0.39, 0.29) is 5.82 Å². The highest BCUT2D eigenvalue weighted by Crippen LogP contribution is 2.21. The molecule has 0 saturated carbocycles. The van der Waals surface area contributed by atoms with Gasteiger partial charge in [-0.05, 0) is 25.1 Å². The lowest BCUT2D eigenvalue weighted by molar-refractivity contribution is 0.415. The Morgan fingerprint density at radius 2 is 2.05 bits per heavy atom. The molecule has 0 amide bonds. The Bertz CT molecular complexity index is 808. The van der Waals surface area contributed by atoms with Crippen LogP contribution >= 0.6 is 0 Å². The summed E-state index contributed by atoms with van der Waals surface area (Å²) < 4.78 is 20.6. The van der Waals surface area contributed by atoms with Crippen LogP contribution in [0.25, 0.3) is 11.0 Å². The molecule has 1 N–H and O–H groups in total. The van der Waals surface area contributed by atoms with E-state index in [1.807, 2.05) is 29.8 Å². The van der Waals surface area contributed by atoms with Crippen molar-refractivity contribution in [2.75, 3.05) is 12.4 Å². The number of aromatic nitrogens is 3. The summed E-state index contributed by atoms with van der Waals surface area (Å²) in [6, 6.07) is 8.53. The van der Waals surface area contributed by atoms with Crippen molar-refractivity contribution in [3.63, 3.8) is 0 Å². The van der Waals surface area contributed by atoms with Crippen LogP contribution in [0.2, 0.25) is 0 Å². The van der Waals surface area contributed by atoms with E-state index < -0.39 is 0 Å². The van der Waals surface area contributed by atoms with Crippen LogP contribution in [0.5, 0.6) is 5.75 Å². The molecule has 0 aliphatic heterocycles. The van der Waals surface area contributed by atoms with Gasteiger partial charge in [0.1, 0.15) is 23.2 Å². The van der Waals surface area contributed by atoms with E-state index in [0.29, 0.717) is 18.1 Å². The highest BCUT2D eigenvalue weighted by molar-refractivity contribution is 5.77. The molecule has 0 unspecified atom stereocenters. The molecule has 0 aliphatic rings. The van der Waals surface area contributed by atoms with E-state index in [1.165, 1.54) is 12.1 Å². The molecule has 1 aromatic carbocycles. The van der Waals surface area contributed by atoms with Crippen LogP contribution < -0.4 is 10.1 Å². The molecule has 0 saturated heterocycles. The number of methoxy groups -OCH3 is 1. The van der Waals surface area contributed by atoms with Crippen LogP contribution in [0, 0.1) is 12.7 Å². The van der Waals surface area contributed by atoms with Gasteiger partial charge in [0, 0.05) is 24.9 Å². The number of hydrogen-bond acceptors (Lipinski definition) is 4. The first kappa shape index (κ1) is 14.3. The van der Waals surface area contributed by atoms with Gasteiger partial charge in [-0.3, -0.25) is 0 Å². The van der Waals surface area contributed by atoms with Crippen molar-refractivity contribution in [1.29, 1.82) is 0 Å². The summed E-state index contributed by atoms with van der Waals surface area (Å²) in [6.45, 7) is 2.22. The van der Waals surface area contributed by atoms with Gasteiger partial charge in [-0.1, -0.05) is 0 Å². The molecule has 3 rings (SSSR count). The fraction of sp³-hybridized carbons (Fsp3) is 0.250. The molecule has 6 heteroatoms. The topological polar surface area (TPSA) is 52.0 Å². The van der Waals surface area contributed by atoms with Crippen molar-refractivity contribution in [2.45, 2.75) is 13.5 Å². The molecule has 0 spiro atoms. The first-order valence-corrected chi connectivity index (χ1v) is 6.94. The third kappa shape index (κ3) is 2.72. The molecule has 0 radical (unpaired) electrons. The normalized spacial score (nSPS) is 10.9. The number of rotatable bonds is 4. The number of nitrogens with zero attached hydrogens (tertiary/aromatic N) is 3. The van der Waals surface area contributed by atoms with Crippen molar-refractivity contribution < 1.29 is 9.13 Å². The minimum atomic E-state index is -0.301. The predicted octanol–water partition coefficient (Wildman–Crippen LogP) is 3.04. The summed E-state index contributed by atoms with van der Waals surface area (Å²) in [7, 11) is 3.58. The molecule has 114 valence electrons. The van der Waals surface area contributed by atoms with E-state index in [9.17, 15) is 4.39 Å². The Hall–Kier alpha value is -2.63. The molecule has 3 aromatic rings. The van der Waals surface area contributed by atoms with Crippen LogP contribution in [-0.2, 0) is 13.6 Å². The number of aryl methyl sites for hydroxylation is 2. The summed E-state index contributed by atoms with van der Waals surface area (Å²) in [5.41, 5.74) is 2.51. The molecule has 0 bridgehead atoms. The first-order valence-electron chi connectivity index (χ1n) is 6.94. The zero-order valence-electron chi connectivity index (χ0n) is 12.7. The zero-order valence-corrected chi connectivity index (χ0v) is 12.7. The lowest BCUT2D eigenvalue weighted by atomic mass is 10.3. The Labute approximate surface area is 127 Å². The number of ether oxygens (including phenoxy) is 1. The predicted molar refractivity (Wildman–Crippen MR) is 83.5 cm³/mol. The quantitative estimate of drug-likeness (QED) is 0.804. The monoisotopic (exact) mass is 300 g/mol. The molecule has 2 aromatic heterocycles. The lowest BCUT2D eigenvalue weighted by Gasteiger charge is -2.07. The Morgan fingerprint density at radius 1 is 1.23 bits per heavy atom. The van der Waals surface area contributed by atoms with Crippen molar-refractivity contribution in [3.8, 4) is 5.75 Å². The number of fused-ring (bicyclic) bond motifs is 1. The molecule has 22 heavy (non-hydrogen) atoms. The largest absolute Gasteiger partial charge is 0.497 e. The fourth-order valence-electron chi connectivity index (χ4n) is 2.40. The van der Waals surface area contributed by atoms with Gasteiger partial charge in [-0.25, -0.2) is 14.4 Å². The van der Waals surface area contributed by atoms with Gasteiger partial charge in [0.25, 0.3) is 0 Å². The molecule has 2 heterocycles. The first-order chi connectivity index (χ1) is 10.6. The number of benzene rings is 1. The van der Waals surface area contributed by atoms with E-state index in [2.05, 4.69) is 15.3 Å². The van der Waals surface area contributed by atoms with Crippen LogP contribution in [0.15, 0.2) is 30.3 Å². The van der Waals surface area contributed by atoms with Crippen LogP contribution in [0.4, 0.5) is 10.2 Å². The van der Waals surface area contributed by atoms with E-state index in [0.717, 1.165) is 22.6 Å². The maximum atomic E-state index is 13.4. The Morgan fingerprint density at radius 3 is 2.77 bits per heavy atom. The number of pyridine rings is 1. The van der Waals surface area contributed by atoms with Crippen LogP contribution in [-0.4, -0.2) is 21.6 Å². The maximum absolute atomic E-state index is 13.4. The highest BCUT2D eigenvalue weighted by Gasteiger charge is 2.09. The third-order valence-electron chi connectivity index (χ3n) is 3.53. The molecular formula is C16H17FN4O. The van der Waals surface area contributed by atoms with Gasteiger partial charge in [-0.2, -0.15) is 0 Å². The average Bonchev–Trinajstić information content (AvgIpc) is 2.80. The van der Waals surface area contributed by atoms with Gasteiger partial charge in [0.15, 0.2) is 0 Å². The Balaban J connectivity index is 1.85. The second-order valence-electron chi connectivity index (χ2n) is 5.11. The number of halogens is 1. The van der Waals surface area contributed by atoms with Crippen molar-refractivity contribution >= 4 is 16.9 Å². The summed E-state index contributed by atoms with van der Waals surface area (Å²) in [4.78, 5) is 8.83. The number of anilines is 1. The van der Waals surface area contributed by atoms with Gasteiger partial charge in [0.05, 0.1) is 24.7 Å². The van der Waals surface area contributed by atoms with Gasteiger partial charge in [0.2, 0.25) is 0 Å². The van der Waals surface area contributed by atoms with Crippen molar-refractivity contribution in [3.05, 3.63) is 47.7 Å². The smallest absolute Gasteiger partial charge is 0.129 e. The highest BCUT2D eigenvalue weighted by atomic mass is 19.1. The zero-order chi connectivity index (χ0) is 15.7. The summed E-state index contributed by atoms with van der Waals surface area (Å²) in [5.74, 6) is 1.81. The van der Waals surface area contributed by atoms with Crippen molar-refractivity contribution in [2.24, 2.45) is 7.05 Å². The molecule has 5 nitrogen and oxygen atoms in total. The standard InChI is InChI=1S/C16H17FN4O/c1-10-6-11(17)7-15(19-10)18-9-16-20-13-8-12(22-3)4-5-14(13)21(16)2/h4-8H,9H2,1-3H3,(H,18,19). The molecule has 0 fully saturated rings. The van der Waals surface area contributed by atoms with Gasteiger partial charge < -0.3 is 14.6 Å². The number of nitrogens with one attached hydrogen (secondary N) is 1. The SMILES string of the molecule is COc1ccc2c(c1)nc(CNc1cc(F)cc(C)n1)n2C. The Kier molecular flexibility index (Phi) is 3.66. The van der Waals surface area contributed by atoms with Crippen LogP contribution in [0.3, 0.4) is 0 Å². The maximum Gasteiger partial charge on any atom is 0.129 e. The summed E-state index contributed by atoms with van der Waals surface area (Å²) in [6.07, 6.45) is 0.